The zero-order valence-corrected chi connectivity index (χ0v) is 20.5. The molecule has 0 radical (unpaired) electrons. The molecular weight excluding hydrogens is 440 g/mol. The third-order valence-corrected chi connectivity index (χ3v) is 8.19. The number of carbonyl (C=O) groups is 1. The molecule has 32 heavy (non-hydrogen) atoms. The van der Waals surface area contributed by atoms with E-state index < -0.39 is 0 Å². The fourth-order valence-electron chi connectivity index (χ4n) is 5.15. The van der Waals surface area contributed by atoms with Gasteiger partial charge in [0.2, 0.25) is 0 Å². The van der Waals surface area contributed by atoms with Crippen LogP contribution >= 0.6 is 24.0 Å². The van der Waals surface area contributed by atoms with Crippen LogP contribution in [0.15, 0.2) is 9.70 Å². The van der Waals surface area contributed by atoms with Crippen molar-refractivity contribution in [1.29, 1.82) is 5.26 Å². The van der Waals surface area contributed by atoms with Crippen molar-refractivity contribution in [3.8, 4) is 6.07 Å². The number of thioether (sulfide) groups is 1. The van der Waals surface area contributed by atoms with Crippen molar-refractivity contribution >= 4 is 46.1 Å². The van der Waals surface area contributed by atoms with Crippen molar-refractivity contribution in [2.75, 3.05) is 18.0 Å². The lowest BCUT2D eigenvalue weighted by Crippen LogP contribution is -2.39. The number of hydrogen-bond acceptors (Lipinski definition) is 6. The number of carbonyl (C=O) groups excluding carboxylic acids is 1. The highest BCUT2D eigenvalue weighted by atomic mass is 32.2. The second-order valence-electron chi connectivity index (χ2n) is 8.79. The van der Waals surface area contributed by atoms with Crippen LogP contribution in [0.25, 0.3) is 6.08 Å². The largest absolute Gasteiger partial charge is 0.357 e. The van der Waals surface area contributed by atoms with Gasteiger partial charge in [-0.05, 0) is 57.6 Å². The molecule has 3 fully saturated rings. The van der Waals surface area contributed by atoms with Gasteiger partial charge in [-0.15, -0.1) is 0 Å². The predicted octanol–water partition coefficient (Wildman–Crippen LogP) is 4.57. The first-order valence-electron chi connectivity index (χ1n) is 11.7. The summed E-state index contributed by atoms with van der Waals surface area (Å²) in [7, 11) is 0. The molecule has 1 amide bonds. The number of anilines is 1. The van der Waals surface area contributed by atoms with Gasteiger partial charge >= 0.3 is 0 Å². The molecule has 1 aromatic rings. The number of nitrogens with zero attached hydrogens (tertiary/aromatic N) is 4. The smallest absolute Gasteiger partial charge is 0.270 e. The molecule has 1 aromatic heterocycles. The van der Waals surface area contributed by atoms with Crippen LogP contribution in [-0.4, -0.2) is 38.8 Å². The molecule has 8 heteroatoms. The van der Waals surface area contributed by atoms with Crippen LogP contribution in [0, 0.1) is 18.3 Å². The molecule has 0 spiro atoms. The van der Waals surface area contributed by atoms with E-state index in [0.717, 1.165) is 63.0 Å². The molecular formula is C24H30N4O2S2. The standard InChI is InChI=1S/C24H30N4O2S2/c1-3-27-21(26-12-8-5-9-13-26)18(16(2)19(15-25)22(27)29)14-20-23(30)28(24(31)32-20)17-10-6-4-7-11-17/h14,17H,3-13H2,1-2H3/b20-14-. The summed E-state index contributed by atoms with van der Waals surface area (Å²) in [5.74, 6) is 0.792. The lowest BCUT2D eigenvalue weighted by Gasteiger charge is -2.33. The van der Waals surface area contributed by atoms with E-state index >= 15 is 0 Å². The summed E-state index contributed by atoms with van der Waals surface area (Å²) in [6, 6.07) is 2.29. The molecule has 3 heterocycles. The number of hydrogen-bond donors (Lipinski definition) is 0. The third-order valence-electron chi connectivity index (χ3n) is 6.86. The lowest BCUT2D eigenvalue weighted by atomic mass is 9.94. The third kappa shape index (κ3) is 4.13. The number of piperidine rings is 1. The zero-order chi connectivity index (χ0) is 22.8. The van der Waals surface area contributed by atoms with Gasteiger partial charge in [0.1, 0.15) is 21.8 Å². The molecule has 0 N–H and O–H groups in total. The maximum Gasteiger partial charge on any atom is 0.270 e. The zero-order valence-electron chi connectivity index (χ0n) is 18.9. The summed E-state index contributed by atoms with van der Waals surface area (Å²) in [6.07, 6.45) is 10.7. The summed E-state index contributed by atoms with van der Waals surface area (Å²) < 4.78 is 2.32. The Morgan fingerprint density at radius 2 is 1.78 bits per heavy atom. The van der Waals surface area contributed by atoms with Crippen molar-refractivity contribution in [1.82, 2.24) is 9.47 Å². The number of pyridine rings is 1. The SMILES string of the molecule is CCn1c(N2CCCCC2)c(/C=C2\SC(=S)N(C3CCCCC3)C2=O)c(C)c(C#N)c1=O. The van der Waals surface area contributed by atoms with Crippen LogP contribution < -0.4 is 10.5 Å². The second-order valence-corrected chi connectivity index (χ2v) is 10.5. The highest BCUT2D eigenvalue weighted by Gasteiger charge is 2.38. The molecule has 0 bridgehead atoms. The fourth-order valence-corrected chi connectivity index (χ4v) is 6.53. The van der Waals surface area contributed by atoms with Crippen molar-refractivity contribution < 1.29 is 4.79 Å². The number of thiocarbonyl (C=S) groups is 1. The quantitative estimate of drug-likeness (QED) is 0.474. The molecule has 170 valence electrons. The monoisotopic (exact) mass is 470 g/mol. The molecule has 1 aliphatic carbocycles. The van der Waals surface area contributed by atoms with E-state index in [0.29, 0.717) is 21.3 Å². The summed E-state index contributed by atoms with van der Waals surface area (Å²) >= 11 is 6.96. The van der Waals surface area contributed by atoms with E-state index in [2.05, 4.69) is 11.0 Å². The van der Waals surface area contributed by atoms with Crippen molar-refractivity contribution in [3.63, 3.8) is 0 Å². The summed E-state index contributed by atoms with van der Waals surface area (Å²) in [5, 5.41) is 9.71. The summed E-state index contributed by atoms with van der Waals surface area (Å²) in [4.78, 5) is 31.1. The topological polar surface area (TPSA) is 69.3 Å². The fraction of sp³-hybridized carbons (Fsp3) is 0.583. The van der Waals surface area contributed by atoms with Crippen molar-refractivity contribution in [3.05, 3.63) is 31.9 Å². The molecule has 6 nitrogen and oxygen atoms in total. The number of nitriles is 1. The minimum Gasteiger partial charge on any atom is -0.357 e. The average molecular weight is 471 g/mol. The summed E-state index contributed by atoms with van der Waals surface area (Å²) in [6.45, 7) is 5.96. The van der Waals surface area contributed by atoms with E-state index in [1.165, 1.54) is 24.6 Å². The van der Waals surface area contributed by atoms with Gasteiger partial charge < -0.3 is 4.90 Å². The predicted molar refractivity (Wildman–Crippen MR) is 134 cm³/mol. The molecule has 2 aliphatic heterocycles. The van der Waals surface area contributed by atoms with Crippen molar-refractivity contribution in [2.24, 2.45) is 0 Å². The Balaban J connectivity index is 1.83. The Morgan fingerprint density at radius 3 is 2.41 bits per heavy atom. The molecule has 3 aliphatic rings. The highest BCUT2D eigenvalue weighted by molar-refractivity contribution is 8.26. The van der Waals surface area contributed by atoms with Gasteiger partial charge in [-0.3, -0.25) is 19.1 Å². The molecule has 0 atom stereocenters. The minimum atomic E-state index is -0.250. The Kier molecular flexibility index (Phi) is 7.06. The Morgan fingerprint density at radius 1 is 1.12 bits per heavy atom. The van der Waals surface area contributed by atoms with Gasteiger partial charge in [-0.2, -0.15) is 5.26 Å². The van der Waals surface area contributed by atoms with E-state index in [1.54, 1.807) is 4.57 Å². The van der Waals surface area contributed by atoms with Crippen LogP contribution in [0.4, 0.5) is 5.82 Å². The maximum atomic E-state index is 13.4. The molecule has 0 aromatic carbocycles. The first-order chi connectivity index (χ1) is 15.5. The van der Waals surface area contributed by atoms with Crippen LogP contribution in [0.2, 0.25) is 0 Å². The van der Waals surface area contributed by atoms with Crippen LogP contribution in [0.3, 0.4) is 0 Å². The van der Waals surface area contributed by atoms with Gasteiger partial charge in [0.05, 0.1) is 4.91 Å². The van der Waals surface area contributed by atoms with Gasteiger partial charge in [-0.1, -0.05) is 43.2 Å². The molecule has 2 saturated heterocycles. The lowest BCUT2D eigenvalue weighted by molar-refractivity contribution is -0.124. The first kappa shape index (κ1) is 23.1. The van der Waals surface area contributed by atoms with E-state index in [4.69, 9.17) is 12.2 Å². The number of rotatable bonds is 4. The van der Waals surface area contributed by atoms with Gasteiger partial charge in [0.25, 0.3) is 11.5 Å². The Hall–Kier alpha value is -2.11. The Labute approximate surface area is 199 Å². The van der Waals surface area contributed by atoms with Crippen LogP contribution in [0.1, 0.15) is 75.0 Å². The normalized spacial score (nSPS) is 21.5. The second kappa shape index (κ2) is 9.80. The minimum absolute atomic E-state index is 0.0383. The Bertz CT molecular complexity index is 1060. The molecule has 0 unspecified atom stereocenters. The average Bonchev–Trinajstić information content (AvgIpc) is 3.09. The van der Waals surface area contributed by atoms with Gasteiger partial charge in [-0.25, -0.2) is 0 Å². The summed E-state index contributed by atoms with van der Waals surface area (Å²) in [5.41, 5.74) is 1.35. The van der Waals surface area contributed by atoms with Crippen molar-refractivity contribution in [2.45, 2.75) is 77.8 Å². The number of amides is 1. The molecule has 1 saturated carbocycles. The van der Waals surface area contributed by atoms with Crippen LogP contribution in [0.5, 0.6) is 0 Å². The van der Waals surface area contributed by atoms with E-state index in [-0.39, 0.29) is 23.1 Å². The van der Waals surface area contributed by atoms with Gasteiger partial charge in [0.15, 0.2) is 0 Å². The maximum absolute atomic E-state index is 13.4. The highest BCUT2D eigenvalue weighted by Crippen LogP contribution is 2.39. The first-order valence-corrected chi connectivity index (χ1v) is 12.9. The van der Waals surface area contributed by atoms with E-state index in [9.17, 15) is 14.9 Å². The van der Waals surface area contributed by atoms with E-state index in [1.807, 2.05) is 24.8 Å². The molecule has 4 rings (SSSR count). The number of aromatic nitrogens is 1. The van der Waals surface area contributed by atoms with Gasteiger partial charge in [0, 0.05) is 31.2 Å². The van der Waals surface area contributed by atoms with Crippen LogP contribution in [-0.2, 0) is 11.3 Å².